The van der Waals surface area contributed by atoms with E-state index < -0.39 is 6.16 Å². The summed E-state index contributed by atoms with van der Waals surface area (Å²) in [6.07, 6.45) is -0.733. The van der Waals surface area contributed by atoms with Gasteiger partial charge in [0.1, 0.15) is 0 Å². The number of aromatic nitrogens is 1. The lowest BCUT2D eigenvalue weighted by Gasteiger charge is -2.08. The highest BCUT2D eigenvalue weighted by atomic mass is 35.5. The minimum atomic E-state index is -0.733. The van der Waals surface area contributed by atoms with Crippen LogP contribution in [0.5, 0.6) is 5.75 Å². The van der Waals surface area contributed by atoms with Crippen LogP contribution >= 0.6 is 11.6 Å². The topological polar surface area (TPSA) is 48.4 Å². The van der Waals surface area contributed by atoms with Crippen molar-refractivity contribution in [1.29, 1.82) is 0 Å². The fourth-order valence-corrected chi connectivity index (χ4v) is 1.75. The van der Waals surface area contributed by atoms with E-state index in [1.165, 1.54) is 0 Å². The van der Waals surface area contributed by atoms with Crippen LogP contribution in [0, 0.1) is 6.92 Å². The molecule has 0 amide bonds. The standard InChI is InChI=1S/C13H12ClNO3/c1-3-17-13(16)18-12-7-9-6-10(14)4-5-11(9)15-8(12)2/h4-7H,3H2,1-2H3. The Morgan fingerprint density at radius 1 is 1.39 bits per heavy atom. The van der Waals surface area contributed by atoms with Crippen LogP contribution in [0.25, 0.3) is 10.9 Å². The van der Waals surface area contributed by atoms with Gasteiger partial charge in [-0.15, -0.1) is 0 Å². The number of pyridine rings is 1. The van der Waals surface area contributed by atoms with E-state index in [4.69, 9.17) is 21.1 Å². The molecular formula is C13H12ClNO3. The van der Waals surface area contributed by atoms with Crippen LogP contribution in [0.1, 0.15) is 12.6 Å². The molecular weight excluding hydrogens is 254 g/mol. The molecule has 0 atom stereocenters. The van der Waals surface area contributed by atoms with Gasteiger partial charge in [-0.05, 0) is 38.1 Å². The van der Waals surface area contributed by atoms with Crippen molar-refractivity contribution in [2.45, 2.75) is 13.8 Å². The lowest BCUT2D eigenvalue weighted by Crippen LogP contribution is -2.11. The highest BCUT2D eigenvalue weighted by Crippen LogP contribution is 2.25. The first-order chi connectivity index (χ1) is 8.60. The number of nitrogens with zero attached hydrogens (tertiary/aromatic N) is 1. The molecule has 1 aromatic heterocycles. The maximum absolute atomic E-state index is 11.3. The van der Waals surface area contributed by atoms with Gasteiger partial charge in [0.15, 0.2) is 5.75 Å². The van der Waals surface area contributed by atoms with Crippen molar-refractivity contribution < 1.29 is 14.3 Å². The average molecular weight is 266 g/mol. The Hall–Kier alpha value is -1.81. The molecule has 0 spiro atoms. The van der Waals surface area contributed by atoms with Gasteiger partial charge in [-0.1, -0.05) is 11.6 Å². The molecule has 4 nitrogen and oxygen atoms in total. The first-order valence-electron chi connectivity index (χ1n) is 5.51. The maximum Gasteiger partial charge on any atom is 0.513 e. The normalized spacial score (nSPS) is 10.4. The van der Waals surface area contributed by atoms with Gasteiger partial charge in [-0.3, -0.25) is 0 Å². The van der Waals surface area contributed by atoms with Gasteiger partial charge < -0.3 is 9.47 Å². The van der Waals surface area contributed by atoms with Crippen molar-refractivity contribution in [3.05, 3.63) is 35.0 Å². The van der Waals surface area contributed by atoms with Crippen LogP contribution < -0.4 is 4.74 Å². The number of hydrogen-bond acceptors (Lipinski definition) is 4. The van der Waals surface area contributed by atoms with Gasteiger partial charge in [0.05, 0.1) is 17.8 Å². The number of aryl methyl sites for hydroxylation is 1. The monoisotopic (exact) mass is 265 g/mol. The van der Waals surface area contributed by atoms with E-state index in [1.54, 1.807) is 32.0 Å². The third kappa shape index (κ3) is 2.71. The summed E-state index contributed by atoms with van der Waals surface area (Å²) in [7, 11) is 0. The number of ether oxygens (including phenoxy) is 2. The summed E-state index contributed by atoms with van der Waals surface area (Å²) in [4.78, 5) is 15.6. The van der Waals surface area contributed by atoms with E-state index in [0.717, 1.165) is 10.9 Å². The zero-order valence-corrected chi connectivity index (χ0v) is 10.8. The molecule has 0 radical (unpaired) electrons. The molecule has 0 fully saturated rings. The maximum atomic E-state index is 11.3. The lowest BCUT2D eigenvalue weighted by molar-refractivity contribution is 0.104. The second-order valence-corrected chi connectivity index (χ2v) is 4.13. The third-order valence-electron chi connectivity index (χ3n) is 2.38. The largest absolute Gasteiger partial charge is 0.513 e. The molecule has 1 heterocycles. The molecule has 0 aliphatic rings. The first-order valence-corrected chi connectivity index (χ1v) is 5.89. The molecule has 0 unspecified atom stereocenters. The van der Waals surface area contributed by atoms with E-state index in [9.17, 15) is 4.79 Å². The van der Waals surface area contributed by atoms with Crippen LogP contribution in [0.15, 0.2) is 24.3 Å². The number of rotatable bonds is 2. The zero-order valence-electron chi connectivity index (χ0n) is 10.1. The fraction of sp³-hybridized carbons (Fsp3) is 0.231. The van der Waals surface area contributed by atoms with Crippen molar-refractivity contribution in [1.82, 2.24) is 4.98 Å². The smallest absolute Gasteiger partial charge is 0.434 e. The molecule has 18 heavy (non-hydrogen) atoms. The minimum Gasteiger partial charge on any atom is -0.434 e. The summed E-state index contributed by atoms with van der Waals surface area (Å²) >= 11 is 5.91. The predicted octanol–water partition coefficient (Wildman–Crippen LogP) is 3.73. The summed E-state index contributed by atoms with van der Waals surface area (Å²) < 4.78 is 9.79. The van der Waals surface area contributed by atoms with E-state index in [1.807, 2.05) is 6.07 Å². The Morgan fingerprint density at radius 2 is 2.17 bits per heavy atom. The van der Waals surface area contributed by atoms with Crippen LogP contribution in [0.2, 0.25) is 5.02 Å². The Balaban J connectivity index is 2.38. The van der Waals surface area contributed by atoms with E-state index >= 15 is 0 Å². The highest BCUT2D eigenvalue weighted by molar-refractivity contribution is 6.31. The van der Waals surface area contributed by atoms with E-state index in [0.29, 0.717) is 16.5 Å². The van der Waals surface area contributed by atoms with Crippen LogP contribution in [-0.4, -0.2) is 17.7 Å². The Kier molecular flexibility index (Phi) is 3.67. The molecule has 0 N–H and O–H groups in total. The molecule has 2 rings (SSSR count). The molecule has 2 aromatic rings. The molecule has 1 aromatic carbocycles. The molecule has 0 saturated heterocycles. The number of hydrogen-bond donors (Lipinski definition) is 0. The Labute approximate surface area is 109 Å². The summed E-state index contributed by atoms with van der Waals surface area (Å²) in [5.74, 6) is 0.378. The van der Waals surface area contributed by atoms with Crippen molar-refractivity contribution in [3.63, 3.8) is 0 Å². The van der Waals surface area contributed by atoms with Gasteiger partial charge in [-0.25, -0.2) is 9.78 Å². The fourth-order valence-electron chi connectivity index (χ4n) is 1.56. The Bertz CT molecular complexity index is 598. The summed E-state index contributed by atoms with van der Waals surface area (Å²) in [6.45, 7) is 3.75. The zero-order chi connectivity index (χ0) is 13.1. The van der Waals surface area contributed by atoms with Gasteiger partial charge in [0.2, 0.25) is 0 Å². The quantitative estimate of drug-likeness (QED) is 0.776. The number of carbonyl (C=O) groups is 1. The summed E-state index contributed by atoms with van der Waals surface area (Å²) in [5, 5.41) is 1.42. The SMILES string of the molecule is CCOC(=O)Oc1cc2cc(Cl)ccc2nc1C. The number of benzene rings is 1. The molecule has 0 saturated carbocycles. The van der Waals surface area contributed by atoms with Gasteiger partial charge >= 0.3 is 6.16 Å². The first kappa shape index (κ1) is 12.6. The van der Waals surface area contributed by atoms with Crippen molar-refractivity contribution >= 4 is 28.7 Å². The highest BCUT2D eigenvalue weighted by Gasteiger charge is 2.10. The second-order valence-electron chi connectivity index (χ2n) is 3.69. The van der Waals surface area contributed by atoms with Gasteiger partial charge in [-0.2, -0.15) is 0 Å². The lowest BCUT2D eigenvalue weighted by atomic mass is 10.2. The van der Waals surface area contributed by atoms with Crippen molar-refractivity contribution in [3.8, 4) is 5.75 Å². The predicted molar refractivity (Wildman–Crippen MR) is 69.1 cm³/mol. The minimum absolute atomic E-state index is 0.269. The second kappa shape index (κ2) is 5.23. The molecule has 0 aliphatic carbocycles. The Morgan fingerprint density at radius 3 is 2.89 bits per heavy atom. The number of halogens is 1. The van der Waals surface area contributed by atoms with E-state index in [2.05, 4.69) is 4.98 Å². The van der Waals surface area contributed by atoms with Crippen LogP contribution in [0.3, 0.4) is 0 Å². The van der Waals surface area contributed by atoms with Crippen LogP contribution in [-0.2, 0) is 4.74 Å². The molecule has 5 heteroatoms. The molecule has 0 aliphatic heterocycles. The van der Waals surface area contributed by atoms with Gasteiger partial charge in [0.25, 0.3) is 0 Å². The molecule has 94 valence electrons. The summed E-state index contributed by atoms with van der Waals surface area (Å²) in [6, 6.07) is 7.07. The van der Waals surface area contributed by atoms with Crippen molar-refractivity contribution in [2.75, 3.05) is 6.61 Å². The van der Waals surface area contributed by atoms with Gasteiger partial charge in [0, 0.05) is 10.4 Å². The average Bonchev–Trinajstić information content (AvgIpc) is 2.31. The molecule has 0 bridgehead atoms. The number of fused-ring (bicyclic) bond motifs is 1. The van der Waals surface area contributed by atoms with E-state index in [-0.39, 0.29) is 6.61 Å². The number of carbonyl (C=O) groups excluding carboxylic acids is 1. The third-order valence-corrected chi connectivity index (χ3v) is 2.61. The van der Waals surface area contributed by atoms with Crippen molar-refractivity contribution in [2.24, 2.45) is 0 Å². The summed E-state index contributed by atoms with van der Waals surface area (Å²) in [5.41, 5.74) is 1.42. The van der Waals surface area contributed by atoms with Crippen LogP contribution in [0.4, 0.5) is 4.79 Å².